The second-order valence-corrected chi connectivity index (χ2v) is 6.98. The Kier molecular flexibility index (Phi) is 6.35. The highest BCUT2D eigenvalue weighted by Gasteiger charge is 2.39. The lowest BCUT2D eigenvalue weighted by Crippen LogP contribution is -2.41. The van der Waals surface area contributed by atoms with Crippen molar-refractivity contribution in [1.29, 1.82) is 0 Å². The van der Waals surface area contributed by atoms with Crippen molar-refractivity contribution < 1.29 is 4.74 Å². The van der Waals surface area contributed by atoms with Gasteiger partial charge >= 0.3 is 0 Å². The molecule has 0 unspecified atom stereocenters. The van der Waals surface area contributed by atoms with E-state index < -0.39 is 0 Å². The van der Waals surface area contributed by atoms with Gasteiger partial charge in [-0.15, -0.1) is 12.4 Å². The number of halogens is 1. The van der Waals surface area contributed by atoms with Gasteiger partial charge in [0, 0.05) is 18.0 Å². The highest BCUT2D eigenvalue weighted by molar-refractivity contribution is 5.85. The summed E-state index contributed by atoms with van der Waals surface area (Å²) in [6.07, 6.45) is 3.79. The van der Waals surface area contributed by atoms with Crippen molar-refractivity contribution in [3.63, 3.8) is 0 Å². The number of ether oxygens (including phenoxy) is 1. The summed E-state index contributed by atoms with van der Waals surface area (Å²) in [5.74, 6) is 1.63. The second kappa shape index (κ2) is 8.70. The van der Waals surface area contributed by atoms with Gasteiger partial charge in [-0.3, -0.25) is 0 Å². The topological polar surface area (TPSA) is 33.3 Å². The van der Waals surface area contributed by atoms with Crippen LogP contribution in [0, 0.1) is 0 Å². The van der Waals surface area contributed by atoms with Crippen molar-refractivity contribution in [2.24, 2.45) is 0 Å². The van der Waals surface area contributed by atoms with Gasteiger partial charge in [-0.1, -0.05) is 42.5 Å². The zero-order valence-corrected chi connectivity index (χ0v) is 15.3. The third-order valence-corrected chi connectivity index (χ3v) is 5.14. The van der Waals surface area contributed by atoms with Gasteiger partial charge in [-0.05, 0) is 55.6 Å². The summed E-state index contributed by atoms with van der Waals surface area (Å²) >= 11 is 0. The van der Waals surface area contributed by atoms with Crippen LogP contribution in [0.4, 0.5) is 0 Å². The highest BCUT2D eigenvalue weighted by atomic mass is 35.5. The third-order valence-electron chi connectivity index (χ3n) is 5.14. The van der Waals surface area contributed by atoms with Gasteiger partial charge in [0.2, 0.25) is 0 Å². The van der Waals surface area contributed by atoms with Crippen LogP contribution in [0.25, 0.3) is 0 Å². The van der Waals surface area contributed by atoms with Crippen LogP contribution in [0.3, 0.4) is 0 Å². The molecule has 3 nitrogen and oxygen atoms in total. The molecule has 0 aromatic heterocycles. The van der Waals surface area contributed by atoms with Crippen molar-refractivity contribution in [3.05, 3.63) is 65.7 Å². The van der Waals surface area contributed by atoms with E-state index in [1.54, 1.807) is 0 Å². The molecule has 2 atom stereocenters. The first kappa shape index (κ1) is 18.2. The number of piperidine rings is 1. The van der Waals surface area contributed by atoms with Gasteiger partial charge in [-0.25, -0.2) is 0 Å². The number of hydrogen-bond donors (Lipinski definition) is 2. The van der Waals surface area contributed by atoms with Crippen LogP contribution in [0.1, 0.15) is 36.3 Å². The molecule has 25 heavy (non-hydrogen) atoms. The number of benzene rings is 2. The summed E-state index contributed by atoms with van der Waals surface area (Å²) in [7, 11) is 0. The Morgan fingerprint density at radius 1 is 0.960 bits per heavy atom. The summed E-state index contributed by atoms with van der Waals surface area (Å²) in [5, 5.41) is 7.26. The average molecular weight is 359 g/mol. The Labute approximate surface area is 156 Å². The minimum Gasteiger partial charge on any atom is -0.489 e. The Bertz CT molecular complexity index is 641. The molecule has 1 aliphatic heterocycles. The molecule has 1 heterocycles. The summed E-state index contributed by atoms with van der Waals surface area (Å²) in [6, 6.07) is 20.4. The summed E-state index contributed by atoms with van der Waals surface area (Å²) in [5.41, 5.74) is 2.64. The Balaban J connectivity index is 0.00000182. The van der Waals surface area contributed by atoms with Crippen LogP contribution in [0.2, 0.25) is 0 Å². The molecule has 1 aliphatic carbocycles. The standard InChI is InChI=1S/C21H26N2O.ClH/c1-2-4-16(5-3-1)15-24-19-8-6-17(7-9-19)20-14-21(20)23-18-10-12-22-13-11-18;/h1-9,18,20-23H,10-15H2;1H/t20-,21+;/m0./s1. The minimum atomic E-state index is 0. The fourth-order valence-electron chi connectivity index (χ4n) is 3.59. The normalized spacial score (nSPS) is 22.9. The summed E-state index contributed by atoms with van der Waals surface area (Å²) < 4.78 is 5.87. The molecule has 4 rings (SSSR count). The van der Waals surface area contributed by atoms with E-state index in [1.165, 1.54) is 30.4 Å². The summed E-state index contributed by atoms with van der Waals surface area (Å²) in [4.78, 5) is 0. The lowest BCUT2D eigenvalue weighted by molar-refractivity contribution is 0.306. The maximum atomic E-state index is 5.87. The average Bonchev–Trinajstić information content (AvgIpc) is 3.41. The highest BCUT2D eigenvalue weighted by Crippen LogP contribution is 2.41. The molecule has 4 heteroatoms. The fourth-order valence-corrected chi connectivity index (χ4v) is 3.59. The van der Waals surface area contributed by atoms with E-state index in [4.69, 9.17) is 4.74 Å². The molecule has 2 fully saturated rings. The first-order valence-electron chi connectivity index (χ1n) is 9.12. The molecule has 134 valence electrons. The van der Waals surface area contributed by atoms with E-state index in [2.05, 4.69) is 47.0 Å². The maximum absolute atomic E-state index is 5.87. The number of rotatable bonds is 6. The Morgan fingerprint density at radius 3 is 2.40 bits per heavy atom. The van der Waals surface area contributed by atoms with E-state index in [1.807, 2.05) is 18.2 Å². The molecule has 2 aromatic rings. The van der Waals surface area contributed by atoms with Crippen LogP contribution >= 0.6 is 12.4 Å². The predicted molar refractivity (Wildman–Crippen MR) is 105 cm³/mol. The predicted octanol–water partition coefficient (Wildman–Crippen LogP) is 3.88. The molecule has 1 saturated carbocycles. The van der Waals surface area contributed by atoms with Gasteiger partial charge in [0.15, 0.2) is 0 Å². The zero-order chi connectivity index (χ0) is 16.2. The van der Waals surface area contributed by atoms with Crippen molar-refractivity contribution in [2.45, 2.75) is 43.9 Å². The first-order chi connectivity index (χ1) is 11.9. The lowest BCUT2D eigenvalue weighted by atomic mass is 10.1. The van der Waals surface area contributed by atoms with Gasteiger partial charge in [0.25, 0.3) is 0 Å². The van der Waals surface area contributed by atoms with Crippen LogP contribution in [-0.4, -0.2) is 25.2 Å². The van der Waals surface area contributed by atoms with E-state index in [0.717, 1.165) is 18.8 Å². The molecular weight excluding hydrogens is 332 g/mol. The monoisotopic (exact) mass is 358 g/mol. The molecule has 0 bridgehead atoms. The minimum absolute atomic E-state index is 0. The number of hydrogen-bond acceptors (Lipinski definition) is 3. The van der Waals surface area contributed by atoms with Crippen molar-refractivity contribution in [2.75, 3.05) is 13.1 Å². The maximum Gasteiger partial charge on any atom is 0.119 e. The number of nitrogens with one attached hydrogen (secondary N) is 2. The molecule has 2 aromatic carbocycles. The van der Waals surface area contributed by atoms with Crippen molar-refractivity contribution >= 4 is 12.4 Å². The van der Waals surface area contributed by atoms with Gasteiger partial charge < -0.3 is 15.4 Å². The largest absolute Gasteiger partial charge is 0.489 e. The molecule has 2 N–H and O–H groups in total. The van der Waals surface area contributed by atoms with E-state index in [0.29, 0.717) is 24.6 Å². The third kappa shape index (κ3) is 4.97. The summed E-state index contributed by atoms with van der Waals surface area (Å²) in [6.45, 7) is 2.94. The lowest BCUT2D eigenvalue weighted by Gasteiger charge is -2.24. The molecule has 2 aliphatic rings. The van der Waals surface area contributed by atoms with Gasteiger partial charge in [0.1, 0.15) is 12.4 Å². The van der Waals surface area contributed by atoms with Crippen LogP contribution in [0.15, 0.2) is 54.6 Å². The van der Waals surface area contributed by atoms with E-state index in [9.17, 15) is 0 Å². The molecular formula is C21H27ClN2O. The molecule has 1 saturated heterocycles. The Morgan fingerprint density at radius 2 is 1.68 bits per heavy atom. The molecule has 0 radical (unpaired) electrons. The SMILES string of the molecule is Cl.c1ccc(COc2ccc([C@@H]3C[C@H]3NC3CCNCC3)cc2)cc1. The van der Waals surface area contributed by atoms with Crippen LogP contribution in [0.5, 0.6) is 5.75 Å². The smallest absolute Gasteiger partial charge is 0.119 e. The second-order valence-electron chi connectivity index (χ2n) is 6.98. The van der Waals surface area contributed by atoms with Gasteiger partial charge in [-0.2, -0.15) is 0 Å². The van der Waals surface area contributed by atoms with Crippen LogP contribution in [-0.2, 0) is 6.61 Å². The molecule has 0 spiro atoms. The molecule has 0 amide bonds. The van der Waals surface area contributed by atoms with E-state index in [-0.39, 0.29) is 12.4 Å². The van der Waals surface area contributed by atoms with Crippen molar-refractivity contribution in [1.82, 2.24) is 10.6 Å². The van der Waals surface area contributed by atoms with Crippen LogP contribution < -0.4 is 15.4 Å². The van der Waals surface area contributed by atoms with Crippen molar-refractivity contribution in [3.8, 4) is 5.75 Å². The zero-order valence-electron chi connectivity index (χ0n) is 14.5. The fraction of sp³-hybridized carbons (Fsp3) is 0.429. The quantitative estimate of drug-likeness (QED) is 0.822. The van der Waals surface area contributed by atoms with Gasteiger partial charge in [0.05, 0.1) is 0 Å². The van der Waals surface area contributed by atoms with E-state index >= 15 is 0 Å². The first-order valence-corrected chi connectivity index (χ1v) is 9.12. The Hall–Kier alpha value is -1.55.